The van der Waals surface area contributed by atoms with Gasteiger partial charge in [-0.15, -0.1) is 0 Å². The first-order valence-corrected chi connectivity index (χ1v) is 9.30. The highest BCUT2D eigenvalue weighted by Gasteiger charge is 2.21. The molecule has 1 amide bonds. The van der Waals surface area contributed by atoms with E-state index in [9.17, 15) is 9.18 Å². The number of carbonyl (C=O) groups is 1. The zero-order chi connectivity index (χ0) is 20.7. The number of aromatic nitrogens is 2. The van der Waals surface area contributed by atoms with Gasteiger partial charge in [0.05, 0.1) is 6.20 Å². The van der Waals surface area contributed by atoms with E-state index in [-0.39, 0.29) is 17.6 Å². The van der Waals surface area contributed by atoms with Gasteiger partial charge in [0, 0.05) is 44.4 Å². The van der Waals surface area contributed by atoms with E-state index in [1.54, 1.807) is 36.3 Å². The van der Waals surface area contributed by atoms with Gasteiger partial charge in [-0.3, -0.25) is 4.79 Å². The molecule has 2 rings (SSSR count). The van der Waals surface area contributed by atoms with E-state index in [0.717, 1.165) is 18.5 Å². The fourth-order valence-corrected chi connectivity index (χ4v) is 3.02. The minimum Gasteiger partial charge on any atom is -0.352 e. The normalized spacial score (nSPS) is 15.9. The molecule has 1 saturated heterocycles. The molecule has 28 heavy (non-hydrogen) atoms. The minimum absolute atomic E-state index is 0.0887. The Kier molecular flexibility index (Phi) is 7.49. The van der Waals surface area contributed by atoms with Gasteiger partial charge in [0.2, 0.25) is 11.9 Å². The maximum absolute atomic E-state index is 14.4. The van der Waals surface area contributed by atoms with Crippen LogP contribution in [-0.2, 0) is 4.79 Å². The SMILES string of the molecule is C=C/C(=C\C(=C/C)c1nc(NC2CCN(C(C)=O)CC2)ncc1F)N(C)C=C. The molecule has 1 aromatic rings. The van der Waals surface area contributed by atoms with Crippen LogP contribution >= 0.6 is 0 Å². The quantitative estimate of drug-likeness (QED) is 0.727. The first-order valence-electron chi connectivity index (χ1n) is 9.30. The second-order valence-electron chi connectivity index (χ2n) is 6.63. The summed E-state index contributed by atoms with van der Waals surface area (Å²) >= 11 is 0. The summed E-state index contributed by atoms with van der Waals surface area (Å²) in [6.07, 6.45) is 9.70. The Morgan fingerprint density at radius 1 is 1.39 bits per heavy atom. The number of hydrogen-bond donors (Lipinski definition) is 1. The lowest BCUT2D eigenvalue weighted by atomic mass is 10.1. The lowest BCUT2D eigenvalue weighted by Crippen LogP contribution is -2.41. The molecule has 150 valence electrons. The third kappa shape index (κ3) is 5.28. The summed E-state index contributed by atoms with van der Waals surface area (Å²) in [5.74, 6) is -0.0283. The van der Waals surface area contributed by atoms with Gasteiger partial charge in [-0.05, 0) is 38.1 Å². The van der Waals surface area contributed by atoms with Gasteiger partial charge in [-0.25, -0.2) is 14.4 Å². The number of anilines is 1. The predicted octanol–water partition coefficient (Wildman–Crippen LogP) is 3.59. The molecule has 0 aromatic carbocycles. The smallest absolute Gasteiger partial charge is 0.223 e. The van der Waals surface area contributed by atoms with Crippen LogP contribution in [0, 0.1) is 5.82 Å². The van der Waals surface area contributed by atoms with Crippen molar-refractivity contribution in [3.8, 4) is 0 Å². The van der Waals surface area contributed by atoms with Crippen LogP contribution in [0.2, 0.25) is 0 Å². The van der Waals surface area contributed by atoms with Crippen LogP contribution in [0.25, 0.3) is 5.57 Å². The highest BCUT2D eigenvalue weighted by Crippen LogP contribution is 2.22. The number of nitrogens with one attached hydrogen (secondary N) is 1. The predicted molar refractivity (Wildman–Crippen MR) is 111 cm³/mol. The monoisotopic (exact) mass is 385 g/mol. The van der Waals surface area contributed by atoms with Gasteiger partial charge in [-0.1, -0.05) is 19.2 Å². The lowest BCUT2D eigenvalue weighted by Gasteiger charge is -2.31. The Morgan fingerprint density at radius 2 is 2.07 bits per heavy atom. The van der Waals surface area contributed by atoms with Crippen LogP contribution in [0.4, 0.5) is 10.3 Å². The van der Waals surface area contributed by atoms with Crippen molar-refractivity contribution in [1.82, 2.24) is 19.8 Å². The molecule has 0 atom stereocenters. The van der Waals surface area contributed by atoms with Gasteiger partial charge >= 0.3 is 0 Å². The Labute approximate surface area is 166 Å². The highest BCUT2D eigenvalue weighted by atomic mass is 19.1. The molecule has 0 unspecified atom stereocenters. The van der Waals surface area contributed by atoms with Gasteiger partial charge < -0.3 is 15.1 Å². The third-order valence-electron chi connectivity index (χ3n) is 4.80. The van der Waals surface area contributed by atoms with E-state index in [1.165, 1.54) is 6.20 Å². The fraction of sp³-hybridized carbons (Fsp3) is 0.381. The van der Waals surface area contributed by atoms with E-state index < -0.39 is 5.82 Å². The van der Waals surface area contributed by atoms with Crippen molar-refractivity contribution in [3.63, 3.8) is 0 Å². The van der Waals surface area contributed by atoms with Crippen molar-refractivity contribution in [2.75, 3.05) is 25.5 Å². The van der Waals surface area contributed by atoms with Crippen molar-refractivity contribution in [1.29, 1.82) is 0 Å². The second kappa shape index (κ2) is 9.82. The van der Waals surface area contributed by atoms with Gasteiger partial charge in [-0.2, -0.15) is 0 Å². The Balaban J connectivity index is 2.20. The van der Waals surface area contributed by atoms with Crippen molar-refractivity contribution >= 4 is 17.4 Å². The lowest BCUT2D eigenvalue weighted by molar-refractivity contribution is -0.129. The van der Waals surface area contributed by atoms with Crippen molar-refractivity contribution in [3.05, 3.63) is 61.0 Å². The van der Waals surface area contributed by atoms with Crippen molar-refractivity contribution in [2.24, 2.45) is 0 Å². The molecule has 0 bridgehead atoms. The standard InChI is InChI=1S/C21H28FN5O/c1-6-16(13-18(7-2)26(5)8-3)20-19(22)14-23-21(25-20)24-17-9-11-27(12-10-17)15(4)28/h6-8,13-14,17H,2-3,9-12H2,1,4-5H3,(H,23,24,25)/b16-6+,18-13+. The Bertz CT molecular complexity index is 794. The molecule has 0 radical (unpaired) electrons. The Hall–Kier alpha value is -2.96. The molecule has 1 aliphatic rings. The maximum atomic E-state index is 14.4. The molecule has 0 saturated carbocycles. The number of halogens is 1. The summed E-state index contributed by atoms with van der Waals surface area (Å²) in [5.41, 5.74) is 1.61. The van der Waals surface area contributed by atoms with E-state index in [2.05, 4.69) is 28.4 Å². The van der Waals surface area contributed by atoms with Crippen LogP contribution in [0.5, 0.6) is 0 Å². The van der Waals surface area contributed by atoms with E-state index in [0.29, 0.717) is 24.6 Å². The zero-order valence-corrected chi connectivity index (χ0v) is 16.8. The number of amides is 1. The van der Waals surface area contributed by atoms with E-state index >= 15 is 0 Å². The summed E-state index contributed by atoms with van der Waals surface area (Å²) in [5, 5.41) is 3.27. The summed E-state index contributed by atoms with van der Waals surface area (Å²) in [6.45, 7) is 12.3. The summed E-state index contributed by atoms with van der Waals surface area (Å²) < 4.78 is 14.4. The molecule has 2 heterocycles. The molecular weight excluding hydrogens is 357 g/mol. The molecule has 6 nitrogen and oxygen atoms in total. The largest absolute Gasteiger partial charge is 0.352 e. The van der Waals surface area contributed by atoms with Gasteiger partial charge in [0.25, 0.3) is 0 Å². The average Bonchev–Trinajstić information content (AvgIpc) is 2.70. The van der Waals surface area contributed by atoms with Crippen LogP contribution in [-0.4, -0.2) is 51.9 Å². The number of rotatable bonds is 7. The second-order valence-corrected chi connectivity index (χ2v) is 6.63. The van der Waals surface area contributed by atoms with Gasteiger partial charge in [0.15, 0.2) is 5.82 Å². The molecule has 0 aliphatic carbocycles. The summed E-state index contributed by atoms with van der Waals surface area (Å²) in [6, 6.07) is 0.147. The Morgan fingerprint density at radius 3 is 2.61 bits per heavy atom. The summed E-state index contributed by atoms with van der Waals surface area (Å²) in [7, 11) is 1.84. The van der Waals surface area contributed by atoms with Crippen molar-refractivity contribution in [2.45, 2.75) is 32.7 Å². The number of likely N-dealkylation sites (tertiary alicyclic amines) is 1. The molecule has 1 N–H and O–H groups in total. The average molecular weight is 385 g/mol. The molecular formula is C21H28FN5O. The number of allylic oxidation sites excluding steroid dienone is 4. The molecule has 1 aromatic heterocycles. The number of carbonyl (C=O) groups excluding carboxylic acids is 1. The first kappa shape index (κ1) is 21.3. The summed E-state index contributed by atoms with van der Waals surface area (Å²) in [4.78, 5) is 23.5. The van der Waals surface area contributed by atoms with Crippen LogP contribution in [0.3, 0.4) is 0 Å². The molecule has 0 spiro atoms. The zero-order valence-electron chi connectivity index (χ0n) is 16.8. The number of likely N-dealkylation sites (N-methyl/N-ethyl adjacent to an activating group) is 1. The fourth-order valence-electron chi connectivity index (χ4n) is 3.02. The molecule has 1 aliphatic heterocycles. The van der Waals surface area contributed by atoms with Crippen LogP contribution in [0.15, 0.2) is 49.5 Å². The first-order chi connectivity index (χ1) is 13.4. The van der Waals surface area contributed by atoms with E-state index in [1.807, 2.05) is 18.9 Å². The topological polar surface area (TPSA) is 61.4 Å². The third-order valence-corrected chi connectivity index (χ3v) is 4.80. The highest BCUT2D eigenvalue weighted by molar-refractivity contribution is 5.74. The van der Waals surface area contributed by atoms with E-state index in [4.69, 9.17) is 0 Å². The van der Waals surface area contributed by atoms with Crippen LogP contribution in [0.1, 0.15) is 32.4 Å². The minimum atomic E-state index is -0.494. The maximum Gasteiger partial charge on any atom is 0.223 e. The number of nitrogens with zero attached hydrogens (tertiary/aromatic N) is 4. The molecule has 1 fully saturated rings. The number of hydrogen-bond acceptors (Lipinski definition) is 5. The van der Waals surface area contributed by atoms with Crippen molar-refractivity contribution < 1.29 is 9.18 Å². The number of piperidine rings is 1. The molecule has 7 heteroatoms. The van der Waals surface area contributed by atoms with Crippen LogP contribution < -0.4 is 5.32 Å². The van der Waals surface area contributed by atoms with Gasteiger partial charge in [0.1, 0.15) is 5.69 Å².